The SMILES string of the molecule is CC(Nc1cccc(CCCO)c1)c1ccc(Cl)cc1Cl. The third-order valence-electron chi connectivity index (χ3n) is 3.36. The molecule has 0 heterocycles. The van der Waals surface area contributed by atoms with Crippen LogP contribution in [0, 0.1) is 0 Å². The summed E-state index contributed by atoms with van der Waals surface area (Å²) < 4.78 is 0. The highest BCUT2D eigenvalue weighted by Gasteiger charge is 2.10. The van der Waals surface area contributed by atoms with Gasteiger partial charge >= 0.3 is 0 Å². The summed E-state index contributed by atoms with van der Waals surface area (Å²) in [6.07, 6.45) is 1.66. The minimum absolute atomic E-state index is 0.0860. The van der Waals surface area contributed by atoms with Gasteiger partial charge in [-0.15, -0.1) is 0 Å². The summed E-state index contributed by atoms with van der Waals surface area (Å²) in [4.78, 5) is 0. The molecule has 0 aromatic heterocycles. The fraction of sp³-hybridized carbons (Fsp3) is 0.294. The molecule has 0 fully saturated rings. The molecule has 0 radical (unpaired) electrons. The Hall–Kier alpha value is -1.22. The second kappa shape index (κ2) is 7.69. The van der Waals surface area contributed by atoms with Crippen molar-refractivity contribution in [2.75, 3.05) is 11.9 Å². The lowest BCUT2D eigenvalue weighted by Gasteiger charge is -2.18. The fourth-order valence-corrected chi connectivity index (χ4v) is 2.85. The number of hydrogen-bond acceptors (Lipinski definition) is 2. The Morgan fingerprint density at radius 3 is 2.67 bits per heavy atom. The Labute approximate surface area is 135 Å². The highest BCUT2D eigenvalue weighted by molar-refractivity contribution is 6.35. The molecule has 2 aromatic rings. The second-order valence-electron chi connectivity index (χ2n) is 5.06. The molecule has 112 valence electrons. The van der Waals surface area contributed by atoms with Gasteiger partial charge < -0.3 is 10.4 Å². The number of aryl methyl sites for hydroxylation is 1. The van der Waals surface area contributed by atoms with Crippen LogP contribution in [0.25, 0.3) is 0 Å². The Morgan fingerprint density at radius 1 is 1.14 bits per heavy atom. The Balaban J connectivity index is 2.10. The van der Waals surface area contributed by atoms with Crippen LogP contribution in [0.2, 0.25) is 10.0 Å². The van der Waals surface area contributed by atoms with Gasteiger partial charge in [-0.05, 0) is 55.2 Å². The van der Waals surface area contributed by atoms with Gasteiger partial charge in [0.25, 0.3) is 0 Å². The van der Waals surface area contributed by atoms with Crippen molar-refractivity contribution in [2.24, 2.45) is 0 Å². The molecule has 0 spiro atoms. The zero-order chi connectivity index (χ0) is 15.2. The quantitative estimate of drug-likeness (QED) is 0.775. The number of hydrogen-bond donors (Lipinski definition) is 2. The maximum atomic E-state index is 8.90. The van der Waals surface area contributed by atoms with Crippen molar-refractivity contribution < 1.29 is 5.11 Å². The Bertz CT molecular complexity index is 601. The van der Waals surface area contributed by atoms with E-state index in [4.69, 9.17) is 28.3 Å². The van der Waals surface area contributed by atoms with Gasteiger partial charge in [0.1, 0.15) is 0 Å². The summed E-state index contributed by atoms with van der Waals surface area (Å²) in [5.74, 6) is 0. The van der Waals surface area contributed by atoms with Crippen molar-refractivity contribution in [3.8, 4) is 0 Å². The minimum Gasteiger partial charge on any atom is -0.396 e. The van der Waals surface area contributed by atoms with Crippen LogP contribution >= 0.6 is 23.2 Å². The van der Waals surface area contributed by atoms with E-state index in [1.54, 1.807) is 6.07 Å². The third kappa shape index (κ3) is 4.63. The first-order chi connectivity index (χ1) is 10.1. The second-order valence-corrected chi connectivity index (χ2v) is 5.90. The van der Waals surface area contributed by atoms with E-state index in [-0.39, 0.29) is 12.6 Å². The normalized spacial score (nSPS) is 12.2. The molecule has 4 heteroatoms. The van der Waals surface area contributed by atoms with Gasteiger partial charge in [-0.3, -0.25) is 0 Å². The molecular formula is C17H19Cl2NO. The fourth-order valence-electron chi connectivity index (χ4n) is 2.28. The molecule has 0 saturated heterocycles. The lowest BCUT2D eigenvalue weighted by atomic mass is 10.1. The van der Waals surface area contributed by atoms with Gasteiger partial charge in [0.2, 0.25) is 0 Å². The van der Waals surface area contributed by atoms with Crippen molar-refractivity contribution in [1.82, 2.24) is 0 Å². The summed E-state index contributed by atoms with van der Waals surface area (Å²) in [6.45, 7) is 2.28. The van der Waals surface area contributed by atoms with E-state index in [1.165, 1.54) is 5.56 Å². The van der Waals surface area contributed by atoms with Gasteiger partial charge in [0.05, 0.1) is 0 Å². The van der Waals surface area contributed by atoms with E-state index in [1.807, 2.05) is 24.3 Å². The van der Waals surface area contributed by atoms with Crippen LogP contribution in [-0.4, -0.2) is 11.7 Å². The van der Waals surface area contributed by atoms with Gasteiger partial charge in [-0.1, -0.05) is 41.4 Å². The van der Waals surface area contributed by atoms with Crippen molar-refractivity contribution >= 4 is 28.9 Å². The van der Waals surface area contributed by atoms with Crippen LogP contribution in [0.5, 0.6) is 0 Å². The van der Waals surface area contributed by atoms with E-state index in [9.17, 15) is 0 Å². The summed E-state index contributed by atoms with van der Waals surface area (Å²) >= 11 is 12.2. The molecule has 0 aliphatic carbocycles. The maximum Gasteiger partial charge on any atom is 0.0500 e. The highest BCUT2D eigenvalue weighted by atomic mass is 35.5. The molecule has 0 aliphatic rings. The number of rotatable bonds is 6. The zero-order valence-electron chi connectivity index (χ0n) is 11.9. The molecule has 0 bridgehead atoms. The first kappa shape index (κ1) is 16.2. The van der Waals surface area contributed by atoms with E-state index >= 15 is 0 Å². The van der Waals surface area contributed by atoms with E-state index in [0.717, 1.165) is 24.1 Å². The van der Waals surface area contributed by atoms with E-state index in [0.29, 0.717) is 10.0 Å². The summed E-state index contributed by atoms with van der Waals surface area (Å²) in [7, 11) is 0. The van der Waals surface area contributed by atoms with Crippen LogP contribution in [0.4, 0.5) is 5.69 Å². The number of benzene rings is 2. The Morgan fingerprint density at radius 2 is 1.95 bits per heavy atom. The summed E-state index contributed by atoms with van der Waals surface area (Å²) in [6, 6.07) is 13.9. The van der Waals surface area contributed by atoms with Crippen LogP contribution in [0.3, 0.4) is 0 Å². The average Bonchev–Trinajstić information content (AvgIpc) is 2.45. The molecule has 0 saturated carbocycles. The number of aliphatic hydroxyl groups is 1. The number of anilines is 1. The van der Waals surface area contributed by atoms with Gasteiger partial charge in [0.15, 0.2) is 0 Å². The highest BCUT2D eigenvalue weighted by Crippen LogP contribution is 2.28. The van der Waals surface area contributed by atoms with E-state index in [2.05, 4.69) is 24.4 Å². The zero-order valence-corrected chi connectivity index (χ0v) is 13.5. The molecule has 1 atom stereocenters. The van der Waals surface area contributed by atoms with Gasteiger partial charge in [0, 0.05) is 28.4 Å². The maximum absolute atomic E-state index is 8.90. The van der Waals surface area contributed by atoms with Crippen LogP contribution in [0.1, 0.15) is 30.5 Å². The van der Waals surface area contributed by atoms with Gasteiger partial charge in [-0.25, -0.2) is 0 Å². The molecular weight excluding hydrogens is 305 g/mol. The molecule has 0 amide bonds. The topological polar surface area (TPSA) is 32.3 Å². The smallest absolute Gasteiger partial charge is 0.0500 e. The monoisotopic (exact) mass is 323 g/mol. The van der Waals surface area contributed by atoms with Crippen molar-refractivity contribution in [1.29, 1.82) is 0 Å². The standard InChI is InChI=1S/C17H19Cl2NO/c1-12(16-8-7-14(18)11-17(16)19)20-15-6-2-4-13(10-15)5-3-9-21/h2,4,6-8,10-12,20-21H,3,5,9H2,1H3. The molecule has 21 heavy (non-hydrogen) atoms. The van der Waals surface area contributed by atoms with Crippen molar-refractivity contribution in [3.63, 3.8) is 0 Å². The van der Waals surface area contributed by atoms with Crippen LogP contribution in [-0.2, 0) is 6.42 Å². The van der Waals surface area contributed by atoms with Gasteiger partial charge in [-0.2, -0.15) is 0 Å². The first-order valence-corrected chi connectivity index (χ1v) is 7.77. The third-order valence-corrected chi connectivity index (χ3v) is 3.93. The number of aliphatic hydroxyl groups excluding tert-OH is 1. The summed E-state index contributed by atoms with van der Waals surface area (Å²) in [5.41, 5.74) is 3.27. The molecule has 2 N–H and O–H groups in total. The predicted octanol–water partition coefficient (Wildman–Crippen LogP) is 5.09. The van der Waals surface area contributed by atoms with Crippen LogP contribution < -0.4 is 5.32 Å². The number of nitrogens with one attached hydrogen (secondary N) is 1. The lowest BCUT2D eigenvalue weighted by molar-refractivity contribution is 0.288. The molecule has 1 unspecified atom stereocenters. The summed E-state index contributed by atoms with van der Waals surface area (Å²) in [5, 5.41) is 13.7. The van der Waals surface area contributed by atoms with Crippen LogP contribution in [0.15, 0.2) is 42.5 Å². The predicted molar refractivity (Wildman–Crippen MR) is 90.3 cm³/mol. The molecule has 2 rings (SSSR count). The minimum atomic E-state index is 0.0860. The Kier molecular flexibility index (Phi) is 5.92. The first-order valence-electron chi connectivity index (χ1n) is 7.01. The largest absolute Gasteiger partial charge is 0.396 e. The lowest BCUT2D eigenvalue weighted by Crippen LogP contribution is -2.07. The molecule has 2 aromatic carbocycles. The van der Waals surface area contributed by atoms with Crippen molar-refractivity contribution in [2.45, 2.75) is 25.8 Å². The van der Waals surface area contributed by atoms with E-state index < -0.39 is 0 Å². The van der Waals surface area contributed by atoms with Crippen molar-refractivity contribution in [3.05, 3.63) is 63.6 Å². The molecule has 2 nitrogen and oxygen atoms in total. The number of halogens is 2. The molecule has 0 aliphatic heterocycles. The average molecular weight is 324 g/mol.